The predicted octanol–water partition coefficient (Wildman–Crippen LogP) is 2.48. The molecule has 0 radical (unpaired) electrons. The molecule has 4 heteroatoms. The molecule has 3 N–H and O–H groups in total. The van der Waals surface area contributed by atoms with E-state index in [1.165, 1.54) is 18.9 Å². The van der Waals surface area contributed by atoms with Gasteiger partial charge in [-0.25, -0.2) is 0 Å². The maximum Gasteiger partial charge on any atom is 0.119 e. The van der Waals surface area contributed by atoms with Crippen molar-refractivity contribution < 1.29 is 10.2 Å². The normalized spacial score (nSPS) is 20.8. The van der Waals surface area contributed by atoms with Crippen LogP contribution in [0.5, 0.6) is 11.5 Å². The summed E-state index contributed by atoms with van der Waals surface area (Å²) < 4.78 is 0. The SMILES string of the molecule is CC(NCC1(C)CCN(C)CC1)c1cc(O)cc(O)c1. The number of phenolic OH excluding ortho intramolecular Hbond substituents is 2. The molecule has 0 bridgehead atoms. The average Bonchev–Trinajstić information content (AvgIpc) is 2.39. The van der Waals surface area contributed by atoms with Crippen molar-refractivity contribution in [3.8, 4) is 11.5 Å². The lowest BCUT2D eigenvalue weighted by atomic mass is 9.80. The first-order valence-electron chi connectivity index (χ1n) is 7.33. The van der Waals surface area contributed by atoms with Gasteiger partial charge in [0, 0.05) is 18.7 Å². The summed E-state index contributed by atoms with van der Waals surface area (Å²) in [6.45, 7) is 7.66. The van der Waals surface area contributed by atoms with Crippen molar-refractivity contribution in [1.29, 1.82) is 0 Å². The van der Waals surface area contributed by atoms with E-state index in [2.05, 4.69) is 31.1 Å². The summed E-state index contributed by atoms with van der Waals surface area (Å²) in [5, 5.41) is 22.6. The Hall–Kier alpha value is -1.26. The summed E-state index contributed by atoms with van der Waals surface area (Å²) >= 11 is 0. The summed E-state index contributed by atoms with van der Waals surface area (Å²) in [7, 11) is 2.17. The minimum absolute atomic E-state index is 0.110. The first-order valence-corrected chi connectivity index (χ1v) is 7.33. The molecule has 112 valence electrons. The Bertz CT molecular complexity index is 434. The van der Waals surface area contributed by atoms with Crippen LogP contribution in [-0.4, -0.2) is 41.8 Å². The summed E-state index contributed by atoms with van der Waals surface area (Å²) in [6.07, 6.45) is 2.41. The maximum atomic E-state index is 9.55. The van der Waals surface area contributed by atoms with Crippen LogP contribution >= 0.6 is 0 Å². The van der Waals surface area contributed by atoms with E-state index in [4.69, 9.17) is 0 Å². The zero-order valence-corrected chi connectivity index (χ0v) is 12.7. The Kier molecular flexibility index (Phi) is 4.55. The van der Waals surface area contributed by atoms with Crippen LogP contribution in [0.3, 0.4) is 0 Å². The molecule has 1 aliphatic rings. The number of nitrogens with zero attached hydrogens (tertiary/aromatic N) is 1. The Labute approximate surface area is 121 Å². The largest absolute Gasteiger partial charge is 0.508 e. The Morgan fingerprint density at radius 2 is 1.75 bits per heavy atom. The van der Waals surface area contributed by atoms with Gasteiger partial charge in [-0.2, -0.15) is 0 Å². The first-order chi connectivity index (χ1) is 9.38. The third kappa shape index (κ3) is 3.87. The third-order valence-corrected chi connectivity index (χ3v) is 4.45. The molecule has 0 saturated carbocycles. The van der Waals surface area contributed by atoms with Crippen molar-refractivity contribution in [1.82, 2.24) is 10.2 Å². The van der Waals surface area contributed by atoms with E-state index < -0.39 is 0 Å². The van der Waals surface area contributed by atoms with Crippen LogP contribution in [0, 0.1) is 5.41 Å². The molecule has 1 aromatic rings. The van der Waals surface area contributed by atoms with Crippen molar-refractivity contribution in [2.75, 3.05) is 26.7 Å². The number of aromatic hydroxyl groups is 2. The Morgan fingerprint density at radius 3 is 2.30 bits per heavy atom. The van der Waals surface area contributed by atoms with Crippen molar-refractivity contribution >= 4 is 0 Å². The van der Waals surface area contributed by atoms with Crippen LogP contribution in [0.1, 0.15) is 38.3 Å². The van der Waals surface area contributed by atoms with Crippen molar-refractivity contribution in [2.24, 2.45) is 5.41 Å². The topological polar surface area (TPSA) is 55.7 Å². The van der Waals surface area contributed by atoms with Gasteiger partial charge < -0.3 is 20.4 Å². The molecule has 1 fully saturated rings. The molecule has 0 aromatic heterocycles. The van der Waals surface area contributed by atoms with Crippen LogP contribution in [0.15, 0.2) is 18.2 Å². The van der Waals surface area contributed by atoms with Gasteiger partial charge in [-0.3, -0.25) is 0 Å². The number of piperidine rings is 1. The van der Waals surface area contributed by atoms with Gasteiger partial charge in [0.1, 0.15) is 11.5 Å². The molecule has 0 spiro atoms. The maximum absolute atomic E-state index is 9.55. The molecule has 20 heavy (non-hydrogen) atoms. The van der Waals surface area contributed by atoms with Gasteiger partial charge in [0.15, 0.2) is 0 Å². The number of likely N-dealkylation sites (tertiary alicyclic amines) is 1. The summed E-state index contributed by atoms with van der Waals surface area (Å²) in [5.74, 6) is 0.221. The highest BCUT2D eigenvalue weighted by atomic mass is 16.3. The van der Waals surface area contributed by atoms with E-state index in [0.29, 0.717) is 5.41 Å². The van der Waals surface area contributed by atoms with Gasteiger partial charge in [-0.05, 0) is 63.0 Å². The van der Waals surface area contributed by atoms with Crippen molar-refractivity contribution in [3.05, 3.63) is 23.8 Å². The fourth-order valence-electron chi connectivity index (χ4n) is 2.72. The molecule has 0 aliphatic carbocycles. The number of nitrogens with one attached hydrogen (secondary N) is 1. The van der Waals surface area contributed by atoms with Gasteiger partial charge in [0.2, 0.25) is 0 Å². The zero-order valence-electron chi connectivity index (χ0n) is 12.7. The van der Waals surface area contributed by atoms with Crippen LogP contribution in [0.25, 0.3) is 0 Å². The Balaban J connectivity index is 1.93. The fourth-order valence-corrected chi connectivity index (χ4v) is 2.72. The smallest absolute Gasteiger partial charge is 0.119 e. The third-order valence-electron chi connectivity index (χ3n) is 4.45. The quantitative estimate of drug-likeness (QED) is 0.792. The molecule has 0 amide bonds. The second-order valence-corrected chi connectivity index (χ2v) is 6.50. The van der Waals surface area contributed by atoms with Gasteiger partial charge in [0.05, 0.1) is 0 Å². The van der Waals surface area contributed by atoms with Gasteiger partial charge in [-0.15, -0.1) is 0 Å². The second kappa shape index (κ2) is 6.02. The Morgan fingerprint density at radius 1 is 1.20 bits per heavy atom. The highest BCUT2D eigenvalue weighted by Gasteiger charge is 2.29. The minimum Gasteiger partial charge on any atom is -0.508 e. The van der Waals surface area contributed by atoms with Gasteiger partial charge in [0.25, 0.3) is 0 Å². The van der Waals surface area contributed by atoms with Crippen LogP contribution < -0.4 is 5.32 Å². The van der Waals surface area contributed by atoms with Gasteiger partial charge >= 0.3 is 0 Å². The van der Waals surface area contributed by atoms with E-state index in [0.717, 1.165) is 25.2 Å². The van der Waals surface area contributed by atoms with E-state index in [1.54, 1.807) is 12.1 Å². The van der Waals surface area contributed by atoms with E-state index in [9.17, 15) is 10.2 Å². The lowest BCUT2D eigenvalue weighted by Gasteiger charge is -2.38. The first kappa shape index (κ1) is 15.1. The molecule has 1 aliphatic heterocycles. The number of rotatable bonds is 4. The molecule has 1 unspecified atom stereocenters. The zero-order chi connectivity index (χ0) is 14.8. The van der Waals surface area contributed by atoms with Crippen molar-refractivity contribution in [3.63, 3.8) is 0 Å². The van der Waals surface area contributed by atoms with Crippen LogP contribution in [-0.2, 0) is 0 Å². The minimum atomic E-state index is 0.110. The predicted molar refractivity (Wildman–Crippen MR) is 81.0 cm³/mol. The number of hydrogen-bond donors (Lipinski definition) is 3. The molecular weight excluding hydrogens is 252 g/mol. The standard InChI is InChI=1S/C16H26N2O2/c1-12(13-8-14(19)10-15(20)9-13)17-11-16(2)4-6-18(3)7-5-16/h8-10,12,17,19-20H,4-7,11H2,1-3H3. The summed E-state index contributed by atoms with van der Waals surface area (Å²) in [6, 6.07) is 4.88. The number of phenols is 2. The highest BCUT2D eigenvalue weighted by molar-refractivity contribution is 5.37. The average molecular weight is 278 g/mol. The van der Waals surface area contributed by atoms with Crippen LogP contribution in [0.4, 0.5) is 0 Å². The van der Waals surface area contributed by atoms with Crippen LogP contribution in [0.2, 0.25) is 0 Å². The second-order valence-electron chi connectivity index (χ2n) is 6.50. The lowest BCUT2D eigenvalue weighted by molar-refractivity contribution is 0.134. The number of hydrogen-bond acceptors (Lipinski definition) is 4. The summed E-state index contributed by atoms with van der Waals surface area (Å²) in [5.41, 5.74) is 1.25. The summed E-state index contributed by atoms with van der Waals surface area (Å²) in [4.78, 5) is 2.37. The molecular formula is C16H26N2O2. The molecule has 1 heterocycles. The lowest BCUT2D eigenvalue weighted by Crippen LogP contribution is -2.42. The fraction of sp³-hybridized carbons (Fsp3) is 0.625. The molecule has 2 rings (SSSR count). The molecule has 1 saturated heterocycles. The van der Waals surface area contributed by atoms with Gasteiger partial charge in [-0.1, -0.05) is 6.92 Å². The van der Waals surface area contributed by atoms with Crippen molar-refractivity contribution in [2.45, 2.75) is 32.7 Å². The van der Waals surface area contributed by atoms with E-state index in [-0.39, 0.29) is 17.5 Å². The monoisotopic (exact) mass is 278 g/mol. The number of benzene rings is 1. The van der Waals surface area contributed by atoms with E-state index >= 15 is 0 Å². The highest BCUT2D eigenvalue weighted by Crippen LogP contribution is 2.31. The van der Waals surface area contributed by atoms with E-state index in [1.807, 2.05) is 0 Å². The molecule has 1 aromatic carbocycles. The molecule has 4 nitrogen and oxygen atoms in total. The molecule has 1 atom stereocenters.